The van der Waals surface area contributed by atoms with Crippen molar-refractivity contribution in [3.05, 3.63) is 54.1 Å². The first kappa shape index (κ1) is 19.5. The summed E-state index contributed by atoms with van der Waals surface area (Å²) >= 11 is 0. The molecule has 2 N–H and O–H groups in total. The molecule has 0 aliphatic carbocycles. The molecule has 2 rings (SSSR count). The second-order valence-electron chi connectivity index (χ2n) is 6.20. The third kappa shape index (κ3) is 6.59. The van der Waals surface area contributed by atoms with Crippen molar-refractivity contribution in [2.75, 3.05) is 17.7 Å². The van der Waals surface area contributed by atoms with Crippen LogP contribution < -0.4 is 15.4 Å². The third-order valence-corrected chi connectivity index (χ3v) is 4.10. The zero-order valence-corrected chi connectivity index (χ0v) is 15.4. The summed E-state index contributed by atoms with van der Waals surface area (Å²) < 4.78 is 5.08. The fourth-order valence-electron chi connectivity index (χ4n) is 2.57. The van der Waals surface area contributed by atoms with E-state index in [4.69, 9.17) is 4.74 Å². The molecule has 0 aliphatic rings. The lowest BCUT2D eigenvalue weighted by Crippen LogP contribution is -2.12. The van der Waals surface area contributed by atoms with Gasteiger partial charge in [0.1, 0.15) is 5.75 Å². The average molecular weight is 354 g/mol. The number of para-hydroxylation sites is 1. The predicted molar refractivity (Wildman–Crippen MR) is 105 cm³/mol. The number of carbonyl (C=O) groups is 2. The highest BCUT2D eigenvalue weighted by Crippen LogP contribution is 2.16. The number of ether oxygens (including phenoxy) is 1. The fraction of sp³-hybridized carbons (Fsp3) is 0.333. The Morgan fingerprint density at radius 1 is 0.846 bits per heavy atom. The number of benzene rings is 2. The van der Waals surface area contributed by atoms with Crippen LogP contribution in [-0.4, -0.2) is 18.9 Å². The van der Waals surface area contributed by atoms with Crippen molar-refractivity contribution in [3.63, 3.8) is 0 Å². The molecule has 2 amide bonds. The molecule has 0 bridgehead atoms. The Morgan fingerprint density at radius 2 is 1.46 bits per heavy atom. The Kier molecular flexibility index (Phi) is 7.68. The van der Waals surface area contributed by atoms with E-state index < -0.39 is 0 Å². The smallest absolute Gasteiger partial charge is 0.224 e. The molecule has 5 nitrogen and oxygen atoms in total. The minimum absolute atomic E-state index is 0.0143. The van der Waals surface area contributed by atoms with Gasteiger partial charge in [0.25, 0.3) is 0 Å². The minimum Gasteiger partial charge on any atom is -0.497 e. The highest BCUT2D eigenvalue weighted by molar-refractivity contribution is 5.91. The van der Waals surface area contributed by atoms with Crippen molar-refractivity contribution in [1.82, 2.24) is 0 Å². The van der Waals surface area contributed by atoms with Crippen molar-refractivity contribution in [3.8, 4) is 5.75 Å². The van der Waals surface area contributed by atoms with Crippen molar-refractivity contribution < 1.29 is 14.3 Å². The van der Waals surface area contributed by atoms with E-state index in [2.05, 4.69) is 10.6 Å². The van der Waals surface area contributed by atoms with Crippen LogP contribution >= 0.6 is 0 Å². The number of methoxy groups -OCH3 is 1. The van der Waals surface area contributed by atoms with Crippen molar-refractivity contribution in [2.24, 2.45) is 0 Å². The number of amides is 2. The van der Waals surface area contributed by atoms with Gasteiger partial charge < -0.3 is 15.4 Å². The summed E-state index contributed by atoms with van der Waals surface area (Å²) in [7, 11) is 1.61. The first-order valence-electron chi connectivity index (χ1n) is 8.88. The van der Waals surface area contributed by atoms with Crippen LogP contribution in [-0.2, 0) is 9.59 Å². The van der Waals surface area contributed by atoms with Gasteiger partial charge in [0.15, 0.2) is 0 Å². The molecule has 0 saturated heterocycles. The van der Waals surface area contributed by atoms with E-state index in [0.717, 1.165) is 42.0 Å². The molecular formula is C21H26N2O3. The van der Waals surface area contributed by atoms with Gasteiger partial charge in [0.2, 0.25) is 11.8 Å². The first-order valence-corrected chi connectivity index (χ1v) is 8.88. The molecule has 2 aromatic rings. The molecule has 0 atom stereocenters. The third-order valence-electron chi connectivity index (χ3n) is 4.10. The van der Waals surface area contributed by atoms with Crippen LogP contribution in [0.1, 0.15) is 37.7 Å². The molecule has 0 saturated carbocycles. The van der Waals surface area contributed by atoms with E-state index >= 15 is 0 Å². The Balaban J connectivity index is 1.60. The topological polar surface area (TPSA) is 67.4 Å². The molecule has 26 heavy (non-hydrogen) atoms. The Bertz CT molecular complexity index is 726. The lowest BCUT2D eigenvalue weighted by atomic mass is 10.1. The van der Waals surface area contributed by atoms with Gasteiger partial charge in [0, 0.05) is 24.2 Å². The van der Waals surface area contributed by atoms with Gasteiger partial charge in [-0.05, 0) is 55.7 Å². The molecule has 0 aliphatic heterocycles. The number of nitrogens with one attached hydrogen (secondary N) is 2. The van der Waals surface area contributed by atoms with Crippen LogP contribution in [0.3, 0.4) is 0 Å². The number of anilines is 2. The summed E-state index contributed by atoms with van der Waals surface area (Å²) in [5.41, 5.74) is 2.67. The number of hydrogen-bond acceptors (Lipinski definition) is 3. The summed E-state index contributed by atoms with van der Waals surface area (Å²) in [6.45, 7) is 1.97. The molecule has 2 aromatic carbocycles. The molecule has 0 heterocycles. The van der Waals surface area contributed by atoms with E-state index in [1.807, 2.05) is 55.5 Å². The van der Waals surface area contributed by atoms with Gasteiger partial charge in [0.05, 0.1) is 7.11 Å². The van der Waals surface area contributed by atoms with Crippen molar-refractivity contribution >= 4 is 23.2 Å². The van der Waals surface area contributed by atoms with Gasteiger partial charge in [-0.1, -0.05) is 24.6 Å². The average Bonchev–Trinajstić information content (AvgIpc) is 2.64. The lowest BCUT2D eigenvalue weighted by molar-refractivity contribution is -0.116. The van der Waals surface area contributed by atoms with Crippen molar-refractivity contribution in [1.29, 1.82) is 0 Å². The van der Waals surface area contributed by atoms with E-state index in [9.17, 15) is 9.59 Å². The quantitative estimate of drug-likeness (QED) is 0.650. The van der Waals surface area contributed by atoms with Gasteiger partial charge in [-0.2, -0.15) is 0 Å². The zero-order chi connectivity index (χ0) is 18.8. The Morgan fingerprint density at radius 3 is 2.08 bits per heavy atom. The lowest BCUT2D eigenvalue weighted by Gasteiger charge is -2.08. The molecule has 5 heteroatoms. The van der Waals surface area contributed by atoms with Crippen LogP contribution in [0.25, 0.3) is 0 Å². The van der Waals surface area contributed by atoms with Gasteiger partial charge >= 0.3 is 0 Å². The molecule has 0 aromatic heterocycles. The van der Waals surface area contributed by atoms with Crippen LogP contribution in [0.4, 0.5) is 11.4 Å². The zero-order valence-electron chi connectivity index (χ0n) is 15.4. The molecule has 0 radical (unpaired) electrons. The molecular weight excluding hydrogens is 328 g/mol. The van der Waals surface area contributed by atoms with E-state index in [0.29, 0.717) is 12.8 Å². The molecule has 0 spiro atoms. The minimum atomic E-state index is -0.0143. The summed E-state index contributed by atoms with van der Waals surface area (Å²) in [6, 6.07) is 15.0. The standard InChI is InChI=1S/C21H26N2O3/c1-16-8-6-7-9-19(16)23-21(25)11-5-3-4-10-20(24)22-17-12-14-18(26-2)15-13-17/h6-9,12-15H,3-5,10-11H2,1-2H3,(H,22,24)(H,23,25). The maximum Gasteiger partial charge on any atom is 0.224 e. The van der Waals surface area contributed by atoms with Gasteiger partial charge in [-0.3, -0.25) is 9.59 Å². The molecule has 138 valence electrons. The Labute approximate surface area is 154 Å². The maximum absolute atomic E-state index is 12.0. The molecule has 0 unspecified atom stereocenters. The second-order valence-corrected chi connectivity index (χ2v) is 6.20. The molecule has 0 fully saturated rings. The van der Waals surface area contributed by atoms with E-state index in [1.165, 1.54) is 0 Å². The number of hydrogen-bond donors (Lipinski definition) is 2. The monoisotopic (exact) mass is 354 g/mol. The number of carbonyl (C=O) groups excluding carboxylic acids is 2. The number of rotatable bonds is 9. The predicted octanol–water partition coefficient (Wildman–Crippen LogP) is 4.53. The van der Waals surface area contributed by atoms with E-state index in [1.54, 1.807) is 7.11 Å². The fourth-order valence-corrected chi connectivity index (χ4v) is 2.57. The number of aryl methyl sites for hydroxylation is 1. The van der Waals surface area contributed by atoms with Crippen molar-refractivity contribution in [2.45, 2.75) is 39.0 Å². The second kappa shape index (κ2) is 10.2. The summed E-state index contributed by atoms with van der Waals surface area (Å²) in [4.78, 5) is 23.9. The SMILES string of the molecule is COc1ccc(NC(=O)CCCCCC(=O)Nc2ccccc2C)cc1. The highest BCUT2D eigenvalue weighted by atomic mass is 16.5. The Hall–Kier alpha value is -2.82. The van der Waals surface area contributed by atoms with Crippen LogP contribution in [0.2, 0.25) is 0 Å². The van der Waals surface area contributed by atoms with Crippen LogP contribution in [0, 0.1) is 6.92 Å². The number of unbranched alkanes of at least 4 members (excludes halogenated alkanes) is 2. The maximum atomic E-state index is 12.0. The van der Waals surface area contributed by atoms with Gasteiger partial charge in [-0.15, -0.1) is 0 Å². The summed E-state index contributed by atoms with van der Waals surface area (Å²) in [6.07, 6.45) is 3.30. The first-order chi connectivity index (χ1) is 12.6. The highest BCUT2D eigenvalue weighted by Gasteiger charge is 2.06. The summed E-state index contributed by atoms with van der Waals surface area (Å²) in [5, 5.41) is 5.78. The van der Waals surface area contributed by atoms with Crippen LogP contribution in [0.15, 0.2) is 48.5 Å². The van der Waals surface area contributed by atoms with Crippen LogP contribution in [0.5, 0.6) is 5.75 Å². The van der Waals surface area contributed by atoms with E-state index in [-0.39, 0.29) is 11.8 Å². The summed E-state index contributed by atoms with van der Waals surface area (Å²) in [5.74, 6) is 0.758. The normalized spacial score (nSPS) is 10.2. The van der Waals surface area contributed by atoms with Gasteiger partial charge in [-0.25, -0.2) is 0 Å². The largest absolute Gasteiger partial charge is 0.497 e.